The van der Waals surface area contributed by atoms with E-state index in [1.165, 1.54) is 19.3 Å². The van der Waals surface area contributed by atoms with Crippen LogP contribution < -0.4 is 15.4 Å². The number of pyridine rings is 1. The Morgan fingerprint density at radius 2 is 1.88 bits per heavy atom. The summed E-state index contributed by atoms with van der Waals surface area (Å²) < 4.78 is 5.76. The second kappa shape index (κ2) is 11.9. The van der Waals surface area contributed by atoms with Crippen LogP contribution in [-0.2, 0) is 13.2 Å². The fourth-order valence-corrected chi connectivity index (χ4v) is 2.43. The van der Waals surface area contributed by atoms with E-state index in [2.05, 4.69) is 46.6 Å². The van der Waals surface area contributed by atoms with Crippen LogP contribution in [0.25, 0.3) is 0 Å². The molecule has 1 heterocycles. The second-order valence-corrected chi connectivity index (χ2v) is 6.08. The predicted molar refractivity (Wildman–Crippen MR) is 107 cm³/mol. The van der Waals surface area contributed by atoms with E-state index in [4.69, 9.17) is 4.74 Å². The lowest BCUT2D eigenvalue weighted by Crippen LogP contribution is -2.37. The minimum Gasteiger partial charge on any atom is -0.487 e. The molecule has 140 valence electrons. The molecule has 0 saturated carbocycles. The van der Waals surface area contributed by atoms with Gasteiger partial charge in [0.1, 0.15) is 12.4 Å². The van der Waals surface area contributed by atoms with Gasteiger partial charge in [0.15, 0.2) is 5.96 Å². The summed E-state index contributed by atoms with van der Waals surface area (Å²) in [7, 11) is 0. The maximum Gasteiger partial charge on any atom is 0.191 e. The number of aromatic nitrogens is 1. The molecule has 0 fully saturated rings. The lowest BCUT2D eigenvalue weighted by Gasteiger charge is -2.11. The van der Waals surface area contributed by atoms with Gasteiger partial charge in [-0.05, 0) is 43.2 Å². The van der Waals surface area contributed by atoms with E-state index in [1.54, 1.807) is 6.20 Å². The molecule has 2 aromatic rings. The van der Waals surface area contributed by atoms with Crippen LogP contribution in [0.4, 0.5) is 0 Å². The third kappa shape index (κ3) is 7.55. The van der Waals surface area contributed by atoms with E-state index in [0.717, 1.165) is 36.1 Å². The highest BCUT2D eigenvalue weighted by atomic mass is 16.5. The zero-order chi connectivity index (χ0) is 18.5. The molecule has 5 nitrogen and oxygen atoms in total. The predicted octanol–water partition coefficient (Wildman–Crippen LogP) is 3.91. The summed E-state index contributed by atoms with van der Waals surface area (Å²) in [6.45, 7) is 7.23. The number of benzene rings is 1. The van der Waals surface area contributed by atoms with Crippen LogP contribution >= 0.6 is 0 Å². The normalized spacial score (nSPS) is 11.2. The van der Waals surface area contributed by atoms with Gasteiger partial charge in [-0.15, -0.1) is 0 Å². The molecule has 0 amide bonds. The maximum absolute atomic E-state index is 5.76. The summed E-state index contributed by atoms with van der Waals surface area (Å²) in [6, 6.07) is 13.9. The Morgan fingerprint density at radius 3 is 2.58 bits per heavy atom. The number of nitrogens with zero attached hydrogens (tertiary/aromatic N) is 2. The van der Waals surface area contributed by atoms with Crippen molar-refractivity contribution >= 4 is 5.96 Å². The monoisotopic (exact) mass is 354 g/mol. The van der Waals surface area contributed by atoms with Crippen LogP contribution in [0.3, 0.4) is 0 Å². The van der Waals surface area contributed by atoms with Crippen LogP contribution in [0, 0.1) is 0 Å². The van der Waals surface area contributed by atoms with E-state index in [9.17, 15) is 0 Å². The maximum atomic E-state index is 5.76. The molecule has 0 atom stereocenters. The molecule has 0 aliphatic carbocycles. The first-order valence-electron chi connectivity index (χ1n) is 9.45. The van der Waals surface area contributed by atoms with Crippen molar-refractivity contribution in [3.63, 3.8) is 0 Å². The minimum atomic E-state index is 0.477. The molecule has 26 heavy (non-hydrogen) atoms. The Balaban J connectivity index is 1.82. The molecule has 0 radical (unpaired) electrons. The SMILES string of the molecule is CCCCCNC(=NCc1ccc(OCc2ccccn2)cc1)NCC. The Morgan fingerprint density at radius 1 is 1.04 bits per heavy atom. The summed E-state index contributed by atoms with van der Waals surface area (Å²) in [5.74, 6) is 1.71. The number of rotatable bonds is 10. The van der Waals surface area contributed by atoms with Gasteiger partial charge in [-0.2, -0.15) is 0 Å². The first-order chi connectivity index (χ1) is 12.8. The van der Waals surface area contributed by atoms with Gasteiger partial charge in [-0.1, -0.05) is 38.0 Å². The van der Waals surface area contributed by atoms with Crippen molar-refractivity contribution in [2.75, 3.05) is 13.1 Å². The summed E-state index contributed by atoms with van der Waals surface area (Å²) >= 11 is 0. The standard InChI is InChI=1S/C21H30N4O/c1-3-5-7-15-24-21(22-4-2)25-16-18-10-12-20(13-11-18)26-17-19-9-6-8-14-23-19/h6,8-14H,3-5,7,15-17H2,1-2H3,(H2,22,24,25). The third-order valence-corrected chi connectivity index (χ3v) is 3.87. The summed E-state index contributed by atoms with van der Waals surface area (Å²) in [6.07, 6.45) is 5.41. The molecule has 0 bridgehead atoms. The molecule has 1 aromatic heterocycles. The Labute approximate surface area is 156 Å². The zero-order valence-corrected chi connectivity index (χ0v) is 15.9. The topological polar surface area (TPSA) is 58.5 Å². The van der Waals surface area contributed by atoms with E-state index < -0.39 is 0 Å². The molecule has 0 aliphatic heterocycles. The van der Waals surface area contributed by atoms with Crippen LogP contribution in [0.5, 0.6) is 5.75 Å². The van der Waals surface area contributed by atoms with Crippen LogP contribution in [0.2, 0.25) is 0 Å². The fraction of sp³-hybridized carbons (Fsp3) is 0.429. The number of nitrogens with one attached hydrogen (secondary N) is 2. The summed E-state index contributed by atoms with van der Waals surface area (Å²) in [5.41, 5.74) is 2.08. The van der Waals surface area contributed by atoms with Crippen molar-refractivity contribution in [1.82, 2.24) is 15.6 Å². The first-order valence-corrected chi connectivity index (χ1v) is 9.45. The van der Waals surface area contributed by atoms with Gasteiger partial charge in [0, 0.05) is 19.3 Å². The summed E-state index contributed by atoms with van der Waals surface area (Å²) in [5, 5.41) is 6.67. The highest BCUT2D eigenvalue weighted by molar-refractivity contribution is 5.79. The fourth-order valence-electron chi connectivity index (χ4n) is 2.43. The van der Waals surface area contributed by atoms with E-state index in [-0.39, 0.29) is 0 Å². The van der Waals surface area contributed by atoms with Crippen molar-refractivity contribution in [2.24, 2.45) is 4.99 Å². The smallest absolute Gasteiger partial charge is 0.191 e. The Kier molecular flexibility index (Phi) is 9.05. The number of unbranched alkanes of at least 4 members (excludes halogenated alkanes) is 2. The number of guanidine groups is 1. The molecule has 2 N–H and O–H groups in total. The first kappa shape index (κ1) is 19.8. The lowest BCUT2D eigenvalue weighted by atomic mass is 10.2. The molecule has 1 aromatic carbocycles. The largest absolute Gasteiger partial charge is 0.487 e. The third-order valence-electron chi connectivity index (χ3n) is 3.87. The van der Waals surface area contributed by atoms with Gasteiger partial charge in [0.25, 0.3) is 0 Å². The van der Waals surface area contributed by atoms with Gasteiger partial charge in [-0.25, -0.2) is 4.99 Å². The van der Waals surface area contributed by atoms with Crippen molar-refractivity contribution in [3.05, 3.63) is 59.9 Å². The van der Waals surface area contributed by atoms with Crippen molar-refractivity contribution in [3.8, 4) is 5.75 Å². The van der Waals surface area contributed by atoms with Crippen LogP contribution in [0.15, 0.2) is 53.7 Å². The van der Waals surface area contributed by atoms with Gasteiger partial charge in [0.2, 0.25) is 0 Å². The highest BCUT2D eigenvalue weighted by Gasteiger charge is 2.00. The second-order valence-electron chi connectivity index (χ2n) is 6.08. The van der Waals surface area contributed by atoms with Gasteiger partial charge in [-0.3, -0.25) is 4.98 Å². The van der Waals surface area contributed by atoms with Crippen LogP contribution in [0.1, 0.15) is 44.4 Å². The van der Waals surface area contributed by atoms with Gasteiger partial charge < -0.3 is 15.4 Å². The van der Waals surface area contributed by atoms with Crippen molar-refractivity contribution < 1.29 is 4.74 Å². The van der Waals surface area contributed by atoms with E-state index >= 15 is 0 Å². The quantitative estimate of drug-likeness (QED) is 0.386. The average Bonchev–Trinajstić information content (AvgIpc) is 2.69. The summed E-state index contributed by atoms with van der Waals surface area (Å²) in [4.78, 5) is 8.91. The highest BCUT2D eigenvalue weighted by Crippen LogP contribution is 2.14. The zero-order valence-electron chi connectivity index (χ0n) is 15.9. The lowest BCUT2D eigenvalue weighted by molar-refractivity contribution is 0.301. The molecule has 0 spiro atoms. The van der Waals surface area contributed by atoms with Gasteiger partial charge in [0.05, 0.1) is 12.2 Å². The van der Waals surface area contributed by atoms with Crippen molar-refractivity contribution in [2.45, 2.75) is 46.3 Å². The molecular formula is C21H30N4O. The average molecular weight is 354 g/mol. The molecular weight excluding hydrogens is 324 g/mol. The molecule has 0 unspecified atom stereocenters. The Hall–Kier alpha value is -2.56. The van der Waals surface area contributed by atoms with Crippen LogP contribution in [-0.4, -0.2) is 24.0 Å². The number of ether oxygens (including phenoxy) is 1. The number of hydrogen-bond acceptors (Lipinski definition) is 3. The van der Waals surface area contributed by atoms with E-state index in [0.29, 0.717) is 13.2 Å². The molecule has 0 aliphatic rings. The van der Waals surface area contributed by atoms with E-state index in [1.807, 2.05) is 30.3 Å². The number of hydrogen-bond donors (Lipinski definition) is 2. The molecule has 2 rings (SSSR count). The minimum absolute atomic E-state index is 0.477. The number of aliphatic imine (C=N–C) groups is 1. The molecule has 0 saturated heterocycles. The molecule has 5 heteroatoms. The Bertz CT molecular complexity index is 641. The van der Waals surface area contributed by atoms with Crippen molar-refractivity contribution in [1.29, 1.82) is 0 Å². The van der Waals surface area contributed by atoms with Gasteiger partial charge >= 0.3 is 0 Å².